The lowest BCUT2D eigenvalue weighted by Crippen LogP contribution is -2.37. The van der Waals surface area contributed by atoms with Gasteiger partial charge in [-0.05, 0) is 37.8 Å². The van der Waals surface area contributed by atoms with Crippen LogP contribution in [0.3, 0.4) is 0 Å². The molecule has 20 heavy (non-hydrogen) atoms. The Morgan fingerprint density at radius 1 is 1.25 bits per heavy atom. The van der Waals surface area contributed by atoms with Crippen LogP contribution in [0.4, 0.5) is 8.78 Å². The second kappa shape index (κ2) is 5.19. The summed E-state index contributed by atoms with van der Waals surface area (Å²) >= 11 is 0. The van der Waals surface area contributed by atoms with Gasteiger partial charge in [0, 0.05) is 13.1 Å². The predicted molar refractivity (Wildman–Crippen MR) is 67.6 cm³/mol. The van der Waals surface area contributed by atoms with Gasteiger partial charge in [0.2, 0.25) is 0 Å². The van der Waals surface area contributed by atoms with Crippen molar-refractivity contribution < 1.29 is 23.5 Å². The Hall–Kier alpha value is -1.98. The average Bonchev–Trinajstić information content (AvgIpc) is 3.23. The highest BCUT2D eigenvalue weighted by molar-refractivity contribution is 6.04. The number of carbonyl (C=O) groups excluding carboxylic acids is 1. The van der Waals surface area contributed by atoms with Crippen LogP contribution in [0, 0.1) is 17.6 Å². The maximum absolute atomic E-state index is 13.3. The van der Waals surface area contributed by atoms with Gasteiger partial charge in [-0.3, -0.25) is 4.79 Å². The number of amides is 1. The molecule has 1 saturated carbocycles. The van der Waals surface area contributed by atoms with E-state index in [0.29, 0.717) is 18.1 Å². The van der Waals surface area contributed by atoms with Crippen LogP contribution in [-0.2, 0) is 0 Å². The highest BCUT2D eigenvalue weighted by atomic mass is 19.2. The van der Waals surface area contributed by atoms with Gasteiger partial charge in [0.25, 0.3) is 5.91 Å². The topological polar surface area (TPSA) is 57.6 Å². The summed E-state index contributed by atoms with van der Waals surface area (Å²) in [5, 5.41) is 9.01. The van der Waals surface area contributed by atoms with Crippen molar-refractivity contribution in [2.24, 2.45) is 5.92 Å². The van der Waals surface area contributed by atoms with E-state index in [-0.39, 0.29) is 11.6 Å². The molecule has 4 nitrogen and oxygen atoms in total. The second-order valence-electron chi connectivity index (χ2n) is 5.11. The predicted octanol–water partition coefficient (Wildman–Crippen LogP) is 2.53. The number of rotatable bonds is 4. The smallest absolute Gasteiger partial charge is 0.336 e. The molecule has 0 heterocycles. The molecular weight excluding hydrogens is 268 g/mol. The SMILES string of the molecule is CC(C1CC1)N(C)C(=O)c1cc(F)c(F)cc1C(=O)O. The number of carboxylic acids is 1. The van der Waals surface area contributed by atoms with E-state index in [1.165, 1.54) is 11.9 Å². The molecule has 1 aromatic carbocycles. The van der Waals surface area contributed by atoms with E-state index < -0.39 is 29.1 Å². The molecule has 0 spiro atoms. The largest absolute Gasteiger partial charge is 0.478 e. The molecule has 0 aliphatic heterocycles. The lowest BCUT2D eigenvalue weighted by atomic mass is 10.0. The molecule has 1 aromatic rings. The minimum Gasteiger partial charge on any atom is -0.478 e. The zero-order chi connectivity index (χ0) is 15.0. The van der Waals surface area contributed by atoms with Crippen molar-refractivity contribution in [3.8, 4) is 0 Å². The molecule has 1 unspecified atom stereocenters. The third kappa shape index (κ3) is 2.64. The number of halogens is 2. The van der Waals surface area contributed by atoms with Crippen LogP contribution < -0.4 is 0 Å². The normalized spacial score (nSPS) is 15.8. The molecule has 1 atom stereocenters. The summed E-state index contributed by atoms with van der Waals surface area (Å²) in [6.07, 6.45) is 2.03. The fourth-order valence-corrected chi connectivity index (χ4v) is 2.17. The van der Waals surface area contributed by atoms with Gasteiger partial charge in [-0.1, -0.05) is 0 Å². The van der Waals surface area contributed by atoms with Crippen LogP contribution in [0.5, 0.6) is 0 Å². The van der Waals surface area contributed by atoms with E-state index in [1.54, 1.807) is 0 Å². The molecule has 0 radical (unpaired) electrons. The number of benzene rings is 1. The van der Waals surface area contributed by atoms with Gasteiger partial charge in [-0.15, -0.1) is 0 Å². The number of aromatic carboxylic acids is 1. The van der Waals surface area contributed by atoms with Crippen molar-refractivity contribution in [1.29, 1.82) is 0 Å². The maximum atomic E-state index is 13.3. The van der Waals surface area contributed by atoms with E-state index in [4.69, 9.17) is 5.11 Å². The Balaban J connectivity index is 2.37. The van der Waals surface area contributed by atoms with Crippen LogP contribution in [0.25, 0.3) is 0 Å². The van der Waals surface area contributed by atoms with Crippen molar-refractivity contribution in [2.75, 3.05) is 7.05 Å². The van der Waals surface area contributed by atoms with Crippen LogP contribution in [0.2, 0.25) is 0 Å². The van der Waals surface area contributed by atoms with Gasteiger partial charge in [0.05, 0.1) is 11.1 Å². The zero-order valence-corrected chi connectivity index (χ0v) is 11.2. The highest BCUT2D eigenvalue weighted by Crippen LogP contribution is 2.35. The summed E-state index contributed by atoms with van der Waals surface area (Å²) in [7, 11) is 1.54. The third-order valence-electron chi connectivity index (χ3n) is 3.76. The lowest BCUT2D eigenvalue weighted by Gasteiger charge is -2.25. The van der Waals surface area contributed by atoms with E-state index in [2.05, 4.69) is 0 Å². The van der Waals surface area contributed by atoms with Crippen molar-refractivity contribution >= 4 is 11.9 Å². The number of carboxylic acid groups (broad SMARTS) is 1. The van der Waals surface area contributed by atoms with Gasteiger partial charge in [-0.2, -0.15) is 0 Å². The number of hydrogen-bond acceptors (Lipinski definition) is 2. The molecule has 1 N–H and O–H groups in total. The zero-order valence-electron chi connectivity index (χ0n) is 11.2. The first-order chi connectivity index (χ1) is 9.32. The van der Waals surface area contributed by atoms with Crippen molar-refractivity contribution in [2.45, 2.75) is 25.8 Å². The first-order valence-corrected chi connectivity index (χ1v) is 6.32. The molecule has 6 heteroatoms. The molecule has 2 rings (SSSR count). The van der Waals surface area contributed by atoms with Crippen molar-refractivity contribution in [1.82, 2.24) is 4.90 Å². The highest BCUT2D eigenvalue weighted by Gasteiger charge is 2.34. The summed E-state index contributed by atoms with van der Waals surface area (Å²) in [6.45, 7) is 1.86. The Morgan fingerprint density at radius 2 is 1.75 bits per heavy atom. The van der Waals surface area contributed by atoms with Crippen molar-refractivity contribution in [3.63, 3.8) is 0 Å². The Labute approximate surface area is 115 Å². The fourth-order valence-electron chi connectivity index (χ4n) is 2.17. The standard InChI is InChI=1S/C14H15F2NO3/c1-7(8-3-4-8)17(2)13(18)9-5-11(15)12(16)6-10(9)14(19)20/h5-8H,3-4H2,1-2H3,(H,19,20). The minimum atomic E-state index is -1.46. The van der Waals surface area contributed by atoms with Crippen LogP contribution >= 0.6 is 0 Å². The summed E-state index contributed by atoms with van der Waals surface area (Å²) < 4.78 is 26.4. The summed E-state index contributed by atoms with van der Waals surface area (Å²) in [6, 6.07) is 1.13. The quantitative estimate of drug-likeness (QED) is 0.923. The van der Waals surface area contributed by atoms with Gasteiger partial charge < -0.3 is 10.0 Å². The maximum Gasteiger partial charge on any atom is 0.336 e. The molecule has 0 saturated heterocycles. The molecule has 108 valence electrons. The van der Waals surface area contributed by atoms with Gasteiger partial charge in [0.1, 0.15) is 0 Å². The summed E-state index contributed by atoms with van der Waals surface area (Å²) in [5.41, 5.74) is -0.852. The van der Waals surface area contributed by atoms with Gasteiger partial charge in [-0.25, -0.2) is 13.6 Å². The van der Waals surface area contributed by atoms with E-state index >= 15 is 0 Å². The summed E-state index contributed by atoms with van der Waals surface area (Å²) in [5.74, 6) is -4.19. The van der Waals surface area contributed by atoms with Gasteiger partial charge >= 0.3 is 5.97 Å². The fraction of sp³-hybridized carbons (Fsp3) is 0.429. The van der Waals surface area contributed by atoms with Crippen LogP contribution in [0.15, 0.2) is 12.1 Å². The molecule has 1 amide bonds. The minimum absolute atomic E-state index is 0.0581. The first kappa shape index (κ1) is 14.4. The first-order valence-electron chi connectivity index (χ1n) is 6.32. The molecule has 1 aliphatic rings. The number of hydrogen-bond donors (Lipinski definition) is 1. The Bertz CT molecular complexity index is 570. The molecule has 0 aromatic heterocycles. The van der Waals surface area contributed by atoms with Gasteiger partial charge in [0.15, 0.2) is 11.6 Å². The Kier molecular flexibility index (Phi) is 3.74. The molecular formula is C14H15F2NO3. The molecule has 1 fully saturated rings. The van der Waals surface area contributed by atoms with E-state index in [1.807, 2.05) is 6.92 Å². The molecule has 0 bridgehead atoms. The third-order valence-corrected chi connectivity index (χ3v) is 3.76. The van der Waals surface area contributed by atoms with Crippen LogP contribution in [-0.4, -0.2) is 35.0 Å². The van der Waals surface area contributed by atoms with E-state index in [0.717, 1.165) is 12.8 Å². The Morgan fingerprint density at radius 3 is 2.20 bits per heavy atom. The summed E-state index contributed by atoms with van der Waals surface area (Å²) in [4.78, 5) is 24.7. The average molecular weight is 283 g/mol. The lowest BCUT2D eigenvalue weighted by molar-refractivity contribution is 0.0666. The number of nitrogens with zero attached hydrogens (tertiary/aromatic N) is 1. The molecule has 1 aliphatic carbocycles. The van der Waals surface area contributed by atoms with Crippen LogP contribution in [0.1, 0.15) is 40.5 Å². The monoisotopic (exact) mass is 283 g/mol. The number of carbonyl (C=O) groups is 2. The second-order valence-corrected chi connectivity index (χ2v) is 5.11. The van der Waals surface area contributed by atoms with E-state index in [9.17, 15) is 18.4 Å². The van der Waals surface area contributed by atoms with Crippen molar-refractivity contribution in [3.05, 3.63) is 34.9 Å².